The molecule has 1 fully saturated rings. The van der Waals surface area contributed by atoms with E-state index in [0.717, 1.165) is 43.5 Å². The van der Waals surface area contributed by atoms with Crippen LogP contribution in [0.3, 0.4) is 0 Å². The first kappa shape index (κ1) is 14.0. The number of amides is 2. The molecule has 0 radical (unpaired) electrons. The number of rotatable bonds is 1. The van der Waals surface area contributed by atoms with Crippen molar-refractivity contribution in [2.24, 2.45) is 5.92 Å². The lowest BCUT2D eigenvalue weighted by Crippen LogP contribution is -2.39. The van der Waals surface area contributed by atoms with Crippen LogP contribution in [-0.2, 0) is 6.42 Å². The van der Waals surface area contributed by atoms with Gasteiger partial charge >= 0.3 is 6.03 Å². The van der Waals surface area contributed by atoms with Crippen molar-refractivity contribution in [1.82, 2.24) is 10.2 Å². The number of urea groups is 1. The van der Waals surface area contributed by atoms with Crippen LogP contribution < -0.4 is 5.32 Å². The smallest absolute Gasteiger partial charge is 0.317 e. The molecule has 20 heavy (non-hydrogen) atoms. The summed E-state index contributed by atoms with van der Waals surface area (Å²) in [5, 5.41) is 4.35. The summed E-state index contributed by atoms with van der Waals surface area (Å²) in [6, 6.07) is 3.89. The van der Waals surface area contributed by atoms with Gasteiger partial charge in [-0.2, -0.15) is 0 Å². The largest absolute Gasteiger partial charge is 0.331 e. The minimum atomic E-state index is 0.0401. The highest BCUT2D eigenvalue weighted by molar-refractivity contribution is 6.42. The van der Waals surface area contributed by atoms with Crippen molar-refractivity contribution in [3.05, 3.63) is 33.3 Å². The monoisotopic (exact) mass is 312 g/mol. The molecule has 0 spiro atoms. The summed E-state index contributed by atoms with van der Waals surface area (Å²) in [5.74, 6) is 0.602. The maximum absolute atomic E-state index is 12.3. The topological polar surface area (TPSA) is 32.3 Å². The Morgan fingerprint density at radius 2 is 2.15 bits per heavy atom. The summed E-state index contributed by atoms with van der Waals surface area (Å²) in [6.07, 6.45) is 2.86. The van der Waals surface area contributed by atoms with E-state index < -0.39 is 0 Å². The number of hydrogen-bond acceptors (Lipinski definition) is 1. The number of carbonyl (C=O) groups is 1. The van der Waals surface area contributed by atoms with E-state index in [4.69, 9.17) is 23.2 Å². The van der Waals surface area contributed by atoms with Crippen LogP contribution >= 0.6 is 23.2 Å². The molecule has 0 saturated carbocycles. The zero-order valence-corrected chi connectivity index (χ0v) is 13.0. The summed E-state index contributed by atoms with van der Waals surface area (Å²) in [7, 11) is 0. The molecular weight excluding hydrogens is 295 g/mol. The molecule has 3 nitrogen and oxygen atoms in total. The first-order valence-corrected chi connectivity index (χ1v) is 7.84. The second-order valence-corrected chi connectivity index (χ2v) is 6.59. The fraction of sp³-hybridized carbons (Fsp3) is 0.533. The van der Waals surface area contributed by atoms with Crippen LogP contribution in [0, 0.1) is 5.92 Å². The summed E-state index contributed by atoms with van der Waals surface area (Å²) in [6.45, 7) is 3.89. The second kappa shape index (κ2) is 5.45. The van der Waals surface area contributed by atoms with E-state index in [1.54, 1.807) is 0 Å². The molecule has 0 bridgehead atoms. The molecule has 5 heteroatoms. The molecule has 1 aliphatic carbocycles. The van der Waals surface area contributed by atoms with Crippen molar-refractivity contribution in [1.29, 1.82) is 0 Å². The highest BCUT2D eigenvalue weighted by atomic mass is 35.5. The van der Waals surface area contributed by atoms with Gasteiger partial charge in [0.05, 0.1) is 16.1 Å². The quantitative estimate of drug-likeness (QED) is 0.834. The van der Waals surface area contributed by atoms with Gasteiger partial charge in [-0.1, -0.05) is 36.2 Å². The summed E-state index contributed by atoms with van der Waals surface area (Å²) in [5.41, 5.74) is 2.19. The third kappa shape index (κ3) is 2.49. The van der Waals surface area contributed by atoms with Crippen LogP contribution in [0.2, 0.25) is 10.0 Å². The fourth-order valence-electron chi connectivity index (χ4n) is 3.14. The highest BCUT2D eigenvalue weighted by Gasteiger charge is 2.30. The van der Waals surface area contributed by atoms with E-state index in [2.05, 4.69) is 12.2 Å². The van der Waals surface area contributed by atoms with E-state index in [1.165, 1.54) is 0 Å². The summed E-state index contributed by atoms with van der Waals surface area (Å²) < 4.78 is 0. The lowest BCUT2D eigenvalue weighted by molar-refractivity contribution is 0.203. The Labute approximate surface area is 129 Å². The Hall–Kier alpha value is -0.930. The van der Waals surface area contributed by atoms with E-state index in [0.29, 0.717) is 16.0 Å². The number of nitrogens with zero attached hydrogens (tertiary/aromatic N) is 1. The fourth-order valence-corrected chi connectivity index (χ4v) is 3.59. The Bertz CT molecular complexity index is 547. The van der Waals surface area contributed by atoms with Gasteiger partial charge in [-0.15, -0.1) is 0 Å². The van der Waals surface area contributed by atoms with Crippen molar-refractivity contribution in [2.75, 3.05) is 13.1 Å². The SMILES string of the molecule is CC1CCN(C(=O)NC2CCc3c2ccc(Cl)c3Cl)C1. The maximum Gasteiger partial charge on any atom is 0.317 e. The molecule has 1 heterocycles. The molecule has 0 aromatic heterocycles. The van der Waals surface area contributed by atoms with Crippen LogP contribution in [0.25, 0.3) is 0 Å². The average molecular weight is 313 g/mol. The van der Waals surface area contributed by atoms with Crippen LogP contribution in [0.15, 0.2) is 12.1 Å². The Balaban J connectivity index is 1.72. The van der Waals surface area contributed by atoms with E-state index in [1.807, 2.05) is 17.0 Å². The number of hydrogen-bond donors (Lipinski definition) is 1. The molecular formula is C15H18Cl2N2O. The zero-order chi connectivity index (χ0) is 14.3. The van der Waals surface area contributed by atoms with Gasteiger partial charge in [0.25, 0.3) is 0 Å². The Morgan fingerprint density at radius 1 is 1.35 bits per heavy atom. The zero-order valence-electron chi connectivity index (χ0n) is 11.5. The van der Waals surface area contributed by atoms with Crippen molar-refractivity contribution in [2.45, 2.75) is 32.2 Å². The maximum atomic E-state index is 12.3. The van der Waals surface area contributed by atoms with Gasteiger partial charge in [-0.05, 0) is 42.4 Å². The van der Waals surface area contributed by atoms with Gasteiger partial charge in [-0.3, -0.25) is 0 Å². The highest BCUT2D eigenvalue weighted by Crippen LogP contribution is 2.39. The molecule has 1 aromatic rings. The lowest BCUT2D eigenvalue weighted by atomic mass is 10.1. The summed E-state index contributed by atoms with van der Waals surface area (Å²) in [4.78, 5) is 14.2. The number of carbonyl (C=O) groups excluding carboxylic acids is 1. The molecule has 3 rings (SSSR count). The van der Waals surface area contributed by atoms with E-state index in [9.17, 15) is 4.79 Å². The summed E-state index contributed by atoms with van der Waals surface area (Å²) >= 11 is 12.3. The van der Waals surface area contributed by atoms with Crippen LogP contribution in [-0.4, -0.2) is 24.0 Å². The number of benzene rings is 1. The third-order valence-corrected chi connectivity index (χ3v) is 5.14. The first-order chi connectivity index (χ1) is 9.56. The normalized spacial score (nSPS) is 24.9. The van der Waals surface area contributed by atoms with Gasteiger partial charge in [0, 0.05) is 13.1 Å². The second-order valence-electron chi connectivity index (χ2n) is 5.81. The van der Waals surface area contributed by atoms with Crippen molar-refractivity contribution >= 4 is 29.2 Å². The Kier molecular flexibility index (Phi) is 3.83. The number of halogens is 2. The number of likely N-dealkylation sites (tertiary alicyclic amines) is 1. The first-order valence-electron chi connectivity index (χ1n) is 7.08. The minimum absolute atomic E-state index is 0.0401. The molecule has 2 atom stereocenters. The number of fused-ring (bicyclic) bond motifs is 1. The van der Waals surface area contributed by atoms with Crippen LogP contribution in [0.4, 0.5) is 4.79 Å². The van der Waals surface area contributed by atoms with Crippen molar-refractivity contribution < 1.29 is 4.79 Å². The molecule has 2 unspecified atom stereocenters. The predicted octanol–water partition coefficient (Wildman–Crippen LogP) is 4.03. The van der Waals surface area contributed by atoms with Crippen molar-refractivity contribution in [3.63, 3.8) is 0 Å². The molecule has 108 valence electrons. The minimum Gasteiger partial charge on any atom is -0.331 e. The third-order valence-electron chi connectivity index (χ3n) is 4.30. The van der Waals surface area contributed by atoms with Gasteiger partial charge in [-0.25, -0.2) is 4.79 Å². The molecule has 1 saturated heterocycles. The van der Waals surface area contributed by atoms with Crippen LogP contribution in [0.5, 0.6) is 0 Å². The lowest BCUT2D eigenvalue weighted by Gasteiger charge is -2.21. The standard InChI is InChI=1S/C15H18Cl2N2O/c1-9-6-7-19(8-9)15(20)18-13-5-3-11-10(13)2-4-12(16)14(11)17/h2,4,9,13H,3,5-8H2,1H3,(H,18,20). The molecule has 2 aliphatic rings. The molecule has 1 N–H and O–H groups in total. The van der Waals surface area contributed by atoms with Gasteiger partial charge in [0.2, 0.25) is 0 Å². The average Bonchev–Trinajstić information content (AvgIpc) is 3.01. The Morgan fingerprint density at radius 3 is 2.85 bits per heavy atom. The predicted molar refractivity (Wildman–Crippen MR) is 81.4 cm³/mol. The molecule has 2 amide bonds. The van der Waals surface area contributed by atoms with E-state index in [-0.39, 0.29) is 12.1 Å². The van der Waals surface area contributed by atoms with Gasteiger partial charge < -0.3 is 10.2 Å². The number of nitrogens with one attached hydrogen (secondary N) is 1. The van der Waals surface area contributed by atoms with Gasteiger partial charge in [0.15, 0.2) is 0 Å². The van der Waals surface area contributed by atoms with Crippen LogP contribution in [0.1, 0.15) is 36.9 Å². The van der Waals surface area contributed by atoms with Gasteiger partial charge in [0.1, 0.15) is 0 Å². The van der Waals surface area contributed by atoms with E-state index >= 15 is 0 Å². The molecule has 1 aliphatic heterocycles. The van der Waals surface area contributed by atoms with Crippen molar-refractivity contribution in [3.8, 4) is 0 Å². The molecule has 1 aromatic carbocycles.